The Labute approximate surface area is 166 Å². The number of hydrogen-bond acceptors (Lipinski definition) is 7. The van der Waals surface area contributed by atoms with E-state index in [1.807, 2.05) is 31.2 Å². The summed E-state index contributed by atoms with van der Waals surface area (Å²) < 4.78 is 15.6. The van der Waals surface area contributed by atoms with Crippen LogP contribution in [0.25, 0.3) is 0 Å². The summed E-state index contributed by atoms with van der Waals surface area (Å²) in [6.07, 6.45) is 1.05. The van der Waals surface area contributed by atoms with Gasteiger partial charge in [-0.15, -0.1) is 0 Å². The fraction of sp³-hybridized carbons (Fsp3) is 0.600. The van der Waals surface area contributed by atoms with Gasteiger partial charge in [0.25, 0.3) is 0 Å². The third-order valence-corrected chi connectivity index (χ3v) is 4.15. The molecule has 0 aromatic heterocycles. The first-order valence-electron chi connectivity index (χ1n) is 9.54. The van der Waals surface area contributed by atoms with Crippen molar-refractivity contribution in [3.05, 3.63) is 29.8 Å². The number of rotatable bonds is 14. The Kier molecular flexibility index (Phi) is 11.9. The van der Waals surface area contributed by atoms with Crippen LogP contribution in [0.15, 0.2) is 24.3 Å². The Morgan fingerprint density at radius 1 is 1.21 bits per heavy atom. The van der Waals surface area contributed by atoms with Crippen LogP contribution in [0, 0.1) is 0 Å². The van der Waals surface area contributed by atoms with Gasteiger partial charge in [-0.3, -0.25) is 9.59 Å². The first-order chi connectivity index (χ1) is 13.5. The summed E-state index contributed by atoms with van der Waals surface area (Å²) in [4.78, 5) is 23.6. The summed E-state index contributed by atoms with van der Waals surface area (Å²) >= 11 is 0. The molecule has 8 nitrogen and oxygen atoms in total. The third kappa shape index (κ3) is 10.2. The van der Waals surface area contributed by atoms with Crippen molar-refractivity contribution in [2.24, 2.45) is 0 Å². The van der Waals surface area contributed by atoms with Gasteiger partial charge in [0.2, 0.25) is 5.91 Å². The number of aliphatic hydroxyl groups excluding tert-OH is 1. The van der Waals surface area contributed by atoms with Gasteiger partial charge in [-0.05, 0) is 37.0 Å². The lowest BCUT2D eigenvalue weighted by Crippen LogP contribution is -2.30. The first-order valence-corrected chi connectivity index (χ1v) is 9.54. The van der Waals surface area contributed by atoms with E-state index in [0.717, 1.165) is 12.0 Å². The molecule has 1 aromatic rings. The second kappa shape index (κ2) is 13.9. The predicted molar refractivity (Wildman–Crippen MR) is 105 cm³/mol. The molecule has 28 heavy (non-hydrogen) atoms. The zero-order chi connectivity index (χ0) is 20.8. The summed E-state index contributed by atoms with van der Waals surface area (Å²) in [6, 6.07) is 7.51. The number of aliphatic hydroxyl groups is 1. The van der Waals surface area contributed by atoms with E-state index >= 15 is 0 Å². The first kappa shape index (κ1) is 23.9. The van der Waals surface area contributed by atoms with E-state index in [4.69, 9.17) is 25.1 Å². The molecular weight excluding hydrogens is 364 g/mol. The summed E-state index contributed by atoms with van der Waals surface area (Å²) in [5, 5.41) is 11.9. The topological polar surface area (TPSA) is 120 Å². The van der Waals surface area contributed by atoms with Crippen molar-refractivity contribution < 1.29 is 28.9 Å². The van der Waals surface area contributed by atoms with Crippen LogP contribution in [-0.4, -0.2) is 56.2 Å². The Bertz CT molecular complexity index is 575. The molecule has 0 radical (unpaired) electrons. The number of carbonyl (C=O) groups is 2. The summed E-state index contributed by atoms with van der Waals surface area (Å²) in [6.45, 7) is 2.22. The Morgan fingerprint density at radius 2 is 1.93 bits per heavy atom. The number of nitrogens with one attached hydrogen (secondary N) is 1. The molecule has 0 aliphatic rings. The predicted octanol–water partition coefficient (Wildman–Crippen LogP) is 1.40. The molecule has 4 N–H and O–H groups in total. The number of nitrogen functional groups attached to an aromatic ring is 1. The van der Waals surface area contributed by atoms with Crippen molar-refractivity contribution >= 4 is 17.6 Å². The molecule has 0 saturated heterocycles. The van der Waals surface area contributed by atoms with E-state index < -0.39 is 12.3 Å². The van der Waals surface area contributed by atoms with Gasteiger partial charge < -0.3 is 30.4 Å². The number of esters is 1. The zero-order valence-electron chi connectivity index (χ0n) is 16.7. The lowest BCUT2D eigenvalue weighted by Gasteiger charge is -2.21. The van der Waals surface area contributed by atoms with E-state index in [1.54, 1.807) is 0 Å². The number of anilines is 1. The molecule has 0 fully saturated rings. The number of benzene rings is 1. The molecule has 2 unspecified atom stereocenters. The van der Waals surface area contributed by atoms with Crippen LogP contribution in [0.1, 0.15) is 38.2 Å². The number of methoxy groups -OCH3 is 1. The number of nitrogens with two attached hydrogens (primary N) is 1. The highest BCUT2D eigenvalue weighted by Gasteiger charge is 2.16. The average molecular weight is 396 g/mol. The molecule has 1 rings (SSSR count). The van der Waals surface area contributed by atoms with Crippen molar-refractivity contribution in [2.45, 2.75) is 51.4 Å². The van der Waals surface area contributed by atoms with E-state index in [0.29, 0.717) is 25.1 Å². The molecule has 0 heterocycles. The van der Waals surface area contributed by atoms with Crippen molar-refractivity contribution in [2.75, 3.05) is 32.6 Å². The van der Waals surface area contributed by atoms with Crippen LogP contribution in [0.4, 0.5) is 5.69 Å². The van der Waals surface area contributed by atoms with Crippen LogP contribution in [0.2, 0.25) is 0 Å². The van der Waals surface area contributed by atoms with Crippen molar-refractivity contribution in [3.63, 3.8) is 0 Å². The molecule has 158 valence electrons. The average Bonchev–Trinajstić information content (AvgIpc) is 2.70. The maximum Gasteiger partial charge on any atom is 0.305 e. The molecular formula is C20H32N2O6. The van der Waals surface area contributed by atoms with Crippen LogP contribution in [0.3, 0.4) is 0 Å². The van der Waals surface area contributed by atoms with Gasteiger partial charge in [0.1, 0.15) is 6.61 Å². The molecule has 8 heteroatoms. The maximum atomic E-state index is 11.8. The normalized spacial score (nSPS) is 13.0. The number of carbonyl (C=O) groups excluding carboxylic acids is 2. The van der Waals surface area contributed by atoms with E-state index in [9.17, 15) is 9.59 Å². The highest BCUT2D eigenvalue weighted by Crippen LogP contribution is 2.07. The third-order valence-electron chi connectivity index (χ3n) is 4.15. The van der Waals surface area contributed by atoms with Gasteiger partial charge in [0, 0.05) is 32.2 Å². The smallest absolute Gasteiger partial charge is 0.305 e. The molecule has 0 bridgehead atoms. The van der Waals surface area contributed by atoms with E-state index in [1.165, 1.54) is 7.11 Å². The molecule has 0 aliphatic heterocycles. The quantitative estimate of drug-likeness (QED) is 0.247. The van der Waals surface area contributed by atoms with Crippen LogP contribution >= 0.6 is 0 Å². The molecule has 2 atom stereocenters. The van der Waals surface area contributed by atoms with E-state index in [2.05, 4.69) is 5.32 Å². The van der Waals surface area contributed by atoms with Gasteiger partial charge in [0.05, 0.1) is 12.7 Å². The van der Waals surface area contributed by atoms with E-state index in [-0.39, 0.29) is 38.1 Å². The van der Waals surface area contributed by atoms with Crippen molar-refractivity contribution in [3.8, 4) is 0 Å². The van der Waals surface area contributed by atoms with Gasteiger partial charge in [-0.2, -0.15) is 0 Å². The van der Waals surface area contributed by atoms with Crippen LogP contribution in [-0.2, 0) is 30.2 Å². The van der Waals surface area contributed by atoms with Gasteiger partial charge in [0.15, 0.2) is 6.29 Å². The zero-order valence-corrected chi connectivity index (χ0v) is 16.7. The Morgan fingerprint density at radius 3 is 2.54 bits per heavy atom. The number of hydrogen-bond donors (Lipinski definition) is 3. The molecule has 0 aliphatic carbocycles. The molecule has 1 amide bonds. The largest absolute Gasteiger partial charge is 0.460 e. The Hall–Kier alpha value is -2.16. The fourth-order valence-corrected chi connectivity index (χ4v) is 2.39. The molecule has 1 aromatic carbocycles. The van der Waals surface area contributed by atoms with Gasteiger partial charge >= 0.3 is 5.97 Å². The number of amides is 1. The minimum atomic E-state index is -0.724. The van der Waals surface area contributed by atoms with Gasteiger partial charge in [-0.25, -0.2) is 0 Å². The van der Waals surface area contributed by atoms with Crippen LogP contribution < -0.4 is 11.1 Å². The molecule has 0 saturated carbocycles. The minimum Gasteiger partial charge on any atom is -0.460 e. The lowest BCUT2D eigenvalue weighted by atomic mass is 10.1. The lowest BCUT2D eigenvalue weighted by molar-refractivity contribution is -0.194. The Balaban J connectivity index is 2.14. The van der Waals surface area contributed by atoms with Crippen molar-refractivity contribution in [1.29, 1.82) is 0 Å². The second-order valence-electron chi connectivity index (χ2n) is 6.39. The standard InChI is InChI=1S/C20H32N2O6/c1-3-17(13-23)28-20(26-2)14-27-19(25)6-4-5-18(24)22-12-11-15-7-9-16(21)10-8-15/h7-10,17,20,23H,3-6,11-14,21H2,1-2H3,(H,22,24). The SMILES string of the molecule is CCC(CO)OC(COC(=O)CCCC(=O)NCCc1ccc(N)cc1)OC. The summed E-state index contributed by atoms with van der Waals surface area (Å²) in [5.74, 6) is -0.521. The highest BCUT2D eigenvalue weighted by molar-refractivity contribution is 5.77. The molecule has 0 spiro atoms. The summed E-state index contributed by atoms with van der Waals surface area (Å²) in [5.41, 5.74) is 7.44. The fourth-order valence-electron chi connectivity index (χ4n) is 2.39. The van der Waals surface area contributed by atoms with Crippen LogP contribution in [0.5, 0.6) is 0 Å². The highest BCUT2D eigenvalue weighted by atomic mass is 16.7. The maximum absolute atomic E-state index is 11.8. The van der Waals surface area contributed by atoms with Crippen molar-refractivity contribution in [1.82, 2.24) is 5.32 Å². The minimum absolute atomic E-state index is 0.0559. The monoisotopic (exact) mass is 396 g/mol. The summed E-state index contributed by atoms with van der Waals surface area (Å²) in [7, 11) is 1.44. The number of ether oxygens (including phenoxy) is 3. The van der Waals surface area contributed by atoms with Gasteiger partial charge in [-0.1, -0.05) is 19.1 Å². The second-order valence-corrected chi connectivity index (χ2v) is 6.39.